The molecule has 5 rings (SSSR count). The van der Waals surface area contributed by atoms with Crippen LogP contribution >= 0.6 is 0 Å². The fraction of sp³-hybridized carbons (Fsp3) is 0.286. The average Bonchev–Trinajstić information content (AvgIpc) is 3.29. The summed E-state index contributed by atoms with van der Waals surface area (Å²) in [6.45, 7) is 4.73. The van der Waals surface area contributed by atoms with Crippen LogP contribution in [0.1, 0.15) is 48.9 Å². The molecule has 3 unspecified atom stereocenters. The Hall–Kier alpha value is -3.20. The second-order valence-electron chi connectivity index (χ2n) is 8.71. The molecule has 3 nitrogen and oxygen atoms in total. The first-order valence-electron chi connectivity index (χ1n) is 11.2. The Morgan fingerprint density at radius 3 is 2.52 bits per heavy atom. The second-order valence-corrected chi connectivity index (χ2v) is 8.71. The first-order chi connectivity index (χ1) is 15.2. The van der Waals surface area contributed by atoms with Crippen LogP contribution in [0.25, 0.3) is 0 Å². The van der Waals surface area contributed by atoms with Crippen molar-refractivity contribution in [1.82, 2.24) is 0 Å². The van der Waals surface area contributed by atoms with Gasteiger partial charge in [0.2, 0.25) is 0 Å². The molecule has 0 radical (unpaired) electrons. The number of hydrogen-bond donors (Lipinski definition) is 1. The minimum absolute atomic E-state index is 0.143. The minimum Gasteiger partial charge on any atom is -0.489 e. The molecule has 0 amide bonds. The van der Waals surface area contributed by atoms with Crippen molar-refractivity contribution in [2.75, 3.05) is 5.32 Å². The van der Waals surface area contributed by atoms with E-state index < -0.39 is 0 Å². The van der Waals surface area contributed by atoms with E-state index in [4.69, 9.17) is 9.47 Å². The van der Waals surface area contributed by atoms with Crippen molar-refractivity contribution >= 4 is 5.69 Å². The van der Waals surface area contributed by atoms with Crippen molar-refractivity contribution in [3.63, 3.8) is 0 Å². The van der Waals surface area contributed by atoms with Crippen LogP contribution in [0.4, 0.5) is 5.69 Å². The van der Waals surface area contributed by atoms with Gasteiger partial charge in [0, 0.05) is 5.92 Å². The highest BCUT2D eigenvalue weighted by Gasteiger charge is 2.39. The molecule has 3 atom stereocenters. The van der Waals surface area contributed by atoms with Crippen LogP contribution in [0, 0.1) is 5.92 Å². The van der Waals surface area contributed by atoms with Crippen molar-refractivity contribution in [3.05, 3.63) is 102 Å². The third-order valence-corrected chi connectivity index (χ3v) is 6.21. The van der Waals surface area contributed by atoms with Crippen molar-refractivity contribution < 1.29 is 9.47 Å². The molecular weight excluding hydrogens is 382 g/mol. The smallest absolute Gasteiger partial charge is 0.143 e. The maximum atomic E-state index is 6.13. The first-order valence-corrected chi connectivity index (χ1v) is 11.2. The van der Waals surface area contributed by atoms with Crippen LogP contribution in [-0.4, -0.2) is 6.10 Å². The largest absolute Gasteiger partial charge is 0.489 e. The molecule has 0 saturated heterocycles. The molecule has 1 aliphatic heterocycles. The van der Waals surface area contributed by atoms with Crippen LogP contribution in [0.2, 0.25) is 0 Å². The van der Waals surface area contributed by atoms with E-state index in [9.17, 15) is 0 Å². The molecule has 1 aliphatic carbocycles. The Bertz CT molecular complexity index is 1060. The number of fused-ring (bicyclic) bond motifs is 3. The predicted octanol–water partition coefficient (Wildman–Crippen LogP) is 6.88. The van der Waals surface area contributed by atoms with Gasteiger partial charge in [0.15, 0.2) is 0 Å². The SMILES string of the molecule is CC(C)Oc1cccc2c1NC(c1ccc(OCc3ccccc3)cc1)C1CC=CC21. The van der Waals surface area contributed by atoms with Gasteiger partial charge >= 0.3 is 0 Å². The standard InChI is InChI=1S/C28H29NO2/c1-19(2)31-26-13-7-12-25-23-10-6-11-24(23)27(29-28(25)26)21-14-16-22(17-15-21)30-18-20-8-4-3-5-9-20/h3-10,12-17,19,23-24,27,29H,11,18H2,1-2H3. The molecule has 0 fully saturated rings. The molecule has 3 aromatic rings. The number of ether oxygens (including phenoxy) is 2. The van der Waals surface area contributed by atoms with Gasteiger partial charge in [-0.3, -0.25) is 0 Å². The van der Waals surface area contributed by atoms with Gasteiger partial charge in [0.05, 0.1) is 17.8 Å². The maximum absolute atomic E-state index is 6.13. The normalized spacial score (nSPS) is 21.3. The zero-order chi connectivity index (χ0) is 21.2. The van der Waals surface area contributed by atoms with Gasteiger partial charge in [-0.25, -0.2) is 0 Å². The molecule has 31 heavy (non-hydrogen) atoms. The summed E-state index contributed by atoms with van der Waals surface area (Å²) in [5.74, 6) is 2.77. The molecule has 0 bridgehead atoms. The Balaban J connectivity index is 1.38. The maximum Gasteiger partial charge on any atom is 0.143 e. The zero-order valence-corrected chi connectivity index (χ0v) is 18.1. The second kappa shape index (κ2) is 8.50. The lowest BCUT2D eigenvalue weighted by Gasteiger charge is -2.38. The summed E-state index contributed by atoms with van der Waals surface area (Å²) in [4.78, 5) is 0. The molecule has 3 heteroatoms. The highest BCUT2D eigenvalue weighted by atomic mass is 16.5. The van der Waals surface area contributed by atoms with E-state index in [0.29, 0.717) is 18.4 Å². The number of hydrogen-bond acceptors (Lipinski definition) is 3. The Kier molecular flexibility index (Phi) is 5.42. The van der Waals surface area contributed by atoms with Crippen molar-refractivity contribution in [1.29, 1.82) is 0 Å². The molecular formula is C28H29NO2. The summed E-state index contributed by atoms with van der Waals surface area (Å²) < 4.78 is 12.1. The van der Waals surface area contributed by atoms with Gasteiger partial charge in [-0.05, 0) is 61.1 Å². The highest BCUT2D eigenvalue weighted by molar-refractivity contribution is 5.67. The fourth-order valence-electron chi connectivity index (χ4n) is 4.79. The molecule has 1 N–H and O–H groups in total. The third-order valence-electron chi connectivity index (χ3n) is 6.21. The summed E-state index contributed by atoms with van der Waals surface area (Å²) in [6, 6.07) is 25.5. The lowest BCUT2D eigenvalue weighted by atomic mass is 9.77. The Morgan fingerprint density at radius 2 is 1.74 bits per heavy atom. The number of para-hydroxylation sites is 1. The Labute approximate surface area is 184 Å². The number of anilines is 1. The van der Waals surface area contributed by atoms with E-state index in [1.807, 2.05) is 18.2 Å². The zero-order valence-electron chi connectivity index (χ0n) is 18.1. The molecule has 0 saturated carbocycles. The van der Waals surface area contributed by atoms with Gasteiger partial charge in [0.1, 0.15) is 18.1 Å². The lowest BCUT2D eigenvalue weighted by Crippen LogP contribution is -2.29. The van der Waals surface area contributed by atoms with E-state index in [0.717, 1.165) is 23.6 Å². The highest BCUT2D eigenvalue weighted by Crippen LogP contribution is 2.52. The fourth-order valence-corrected chi connectivity index (χ4v) is 4.79. The monoisotopic (exact) mass is 411 g/mol. The molecule has 2 aliphatic rings. The molecule has 3 aromatic carbocycles. The molecule has 1 heterocycles. The van der Waals surface area contributed by atoms with Crippen molar-refractivity contribution in [3.8, 4) is 11.5 Å². The first kappa shape index (κ1) is 19.7. The van der Waals surface area contributed by atoms with Gasteiger partial charge in [-0.2, -0.15) is 0 Å². The summed E-state index contributed by atoms with van der Waals surface area (Å²) in [7, 11) is 0. The van der Waals surface area contributed by atoms with E-state index in [1.54, 1.807) is 0 Å². The van der Waals surface area contributed by atoms with E-state index in [2.05, 4.69) is 85.9 Å². The van der Waals surface area contributed by atoms with Gasteiger partial charge in [0.25, 0.3) is 0 Å². The summed E-state index contributed by atoms with van der Waals surface area (Å²) >= 11 is 0. The predicted molar refractivity (Wildman–Crippen MR) is 126 cm³/mol. The van der Waals surface area contributed by atoms with Crippen LogP contribution < -0.4 is 14.8 Å². The molecule has 158 valence electrons. The van der Waals surface area contributed by atoms with Crippen LogP contribution in [0.3, 0.4) is 0 Å². The lowest BCUT2D eigenvalue weighted by molar-refractivity contribution is 0.242. The Morgan fingerprint density at radius 1 is 0.935 bits per heavy atom. The molecule has 0 aromatic heterocycles. The van der Waals surface area contributed by atoms with Crippen LogP contribution in [0.5, 0.6) is 11.5 Å². The number of rotatable bonds is 6. The van der Waals surface area contributed by atoms with Crippen LogP contribution in [-0.2, 0) is 6.61 Å². The number of allylic oxidation sites excluding steroid dienone is 2. The quantitative estimate of drug-likeness (QED) is 0.449. The van der Waals surface area contributed by atoms with E-state index in [1.165, 1.54) is 16.7 Å². The van der Waals surface area contributed by atoms with Crippen LogP contribution in [0.15, 0.2) is 84.9 Å². The van der Waals surface area contributed by atoms with Gasteiger partial charge in [-0.1, -0.05) is 66.7 Å². The van der Waals surface area contributed by atoms with Crippen molar-refractivity contribution in [2.45, 2.75) is 44.9 Å². The minimum atomic E-state index is 0.143. The van der Waals surface area contributed by atoms with E-state index in [-0.39, 0.29) is 12.1 Å². The van der Waals surface area contributed by atoms with Gasteiger partial charge < -0.3 is 14.8 Å². The summed E-state index contributed by atoms with van der Waals surface area (Å²) in [6.07, 6.45) is 5.92. The molecule has 0 spiro atoms. The van der Waals surface area contributed by atoms with Crippen molar-refractivity contribution in [2.24, 2.45) is 5.92 Å². The third kappa shape index (κ3) is 4.05. The number of nitrogens with one attached hydrogen (secondary N) is 1. The average molecular weight is 412 g/mol. The number of benzene rings is 3. The topological polar surface area (TPSA) is 30.5 Å². The van der Waals surface area contributed by atoms with Gasteiger partial charge in [-0.15, -0.1) is 0 Å². The summed E-state index contributed by atoms with van der Waals surface area (Å²) in [5, 5.41) is 3.83. The van der Waals surface area contributed by atoms with E-state index >= 15 is 0 Å². The summed E-state index contributed by atoms with van der Waals surface area (Å²) in [5.41, 5.74) is 4.94.